The number of benzene rings is 1. The molecular formula is C15H22N2O3. The fourth-order valence-electron chi connectivity index (χ4n) is 1.68. The lowest BCUT2D eigenvalue weighted by Crippen LogP contribution is -2.36. The third-order valence-electron chi connectivity index (χ3n) is 2.81. The molecule has 0 aliphatic rings. The summed E-state index contributed by atoms with van der Waals surface area (Å²) >= 11 is 0. The Kier molecular flexibility index (Phi) is 6.56. The third kappa shape index (κ3) is 5.30. The number of amides is 2. The van der Waals surface area contributed by atoms with Crippen LogP contribution in [0.15, 0.2) is 24.3 Å². The molecule has 2 N–H and O–H groups in total. The van der Waals surface area contributed by atoms with Gasteiger partial charge in [-0.05, 0) is 6.07 Å². The molecule has 0 aliphatic heterocycles. The van der Waals surface area contributed by atoms with E-state index in [-0.39, 0.29) is 24.2 Å². The van der Waals surface area contributed by atoms with Gasteiger partial charge in [-0.2, -0.15) is 0 Å². The zero-order valence-electron chi connectivity index (χ0n) is 12.2. The third-order valence-corrected chi connectivity index (χ3v) is 2.81. The maximum atomic E-state index is 11.8. The lowest BCUT2D eigenvalue weighted by Gasteiger charge is -2.10. The first-order valence-corrected chi connectivity index (χ1v) is 6.71. The Bertz CT molecular complexity index is 458. The fraction of sp³-hybridized carbons (Fsp3) is 0.467. The number of para-hydroxylation sites is 1. The Morgan fingerprint density at radius 1 is 1.15 bits per heavy atom. The molecule has 5 nitrogen and oxygen atoms in total. The van der Waals surface area contributed by atoms with Crippen LogP contribution in [0.4, 0.5) is 0 Å². The minimum Gasteiger partial charge on any atom is -0.496 e. The highest BCUT2D eigenvalue weighted by molar-refractivity contribution is 5.80. The number of rotatable bonds is 7. The molecule has 110 valence electrons. The molecule has 0 spiro atoms. The predicted octanol–water partition coefficient (Wildman–Crippen LogP) is 1.13. The van der Waals surface area contributed by atoms with Crippen LogP contribution < -0.4 is 15.4 Å². The van der Waals surface area contributed by atoms with E-state index in [9.17, 15) is 9.59 Å². The maximum absolute atomic E-state index is 11.8. The number of ether oxygens (including phenoxy) is 1. The van der Waals surface area contributed by atoms with Gasteiger partial charge in [0.15, 0.2) is 0 Å². The van der Waals surface area contributed by atoms with Crippen LogP contribution in [-0.4, -0.2) is 32.0 Å². The van der Waals surface area contributed by atoms with Crippen LogP contribution in [0.5, 0.6) is 5.75 Å². The Labute approximate surface area is 119 Å². The van der Waals surface area contributed by atoms with Crippen LogP contribution in [0.25, 0.3) is 0 Å². The van der Waals surface area contributed by atoms with E-state index in [0.29, 0.717) is 18.8 Å². The van der Waals surface area contributed by atoms with Gasteiger partial charge in [-0.25, -0.2) is 0 Å². The summed E-state index contributed by atoms with van der Waals surface area (Å²) in [7, 11) is 1.58. The zero-order chi connectivity index (χ0) is 15.0. The summed E-state index contributed by atoms with van der Waals surface area (Å²) in [5, 5.41) is 5.51. The normalized spacial score (nSPS) is 10.2. The van der Waals surface area contributed by atoms with Crippen molar-refractivity contribution in [1.29, 1.82) is 0 Å². The van der Waals surface area contributed by atoms with Crippen molar-refractivity contribution in [2.75, 3.05) is 20.2 Å². The lowest BCUT2D eigenvalue weighted by atomic mass is 10.1. The van der Waals surface area contributed by atoms with Crippen molar-refractivity contribution in [3.05, 3.63) is 29.8 Å². The predicted molar refractivity (Wildman–Crippen MR) is 77.6 cm³/mol. The monoisotopic (exact) mass is 278 g/mol. The van der Waals surface area contributed by atoms with Crippen LogP contribution >= 0.6 is 0 Å². The molecule has 2 amide bonds. The van der Waals surface area contributed by atoms with E-state index in [2.05, 4.69) is 10.6 Å². The van der Waals surface area contributed by atoms with Gasteiger partial charge in [-0.15, -0.1) is 0 Å². The first kappa shape index (κ1) is 16.0. The van der Waals surface area contributed by atoms with Gasteiger partial charge in [-0.3, -0.25) is 9.59 Å². The number of carbonyl (C=O) groups is 2. The first-order chi connectivity index (χ1) is 9.54. The fourth-order valence-corrected chi connectivity index (χ4v) is 1.68. The van der Waals surface area contributed by atoms with Crippen LogP contribution in [-0.2, 0) is 16.0 Å². The molecule has 0 saturated heterocycles. The molecule has 0 bridgehead atoms. The summed E-state index contributed by atoms with van der Waals surface area (Å²) in [6.45, 7) is 4.52. The molecular weight excluding hydrogens is 256 g/mol. The summed E-state index contributed by atoms with van der Waals surface area (Å²) in [4.78, 5) is 23.1. The van der Waals surface area contributed by atoms with Gasteiger partial charge in [0.05, 0.1) is 13.5 Å². The molecule has 0 heterocycles. The summed E-state index contributed by atoms with van der Waals surface area (Å²) in [6, 6.07) is 7.42. The molecule has 0 saturated carbocycles. The summed E-state index contributed by atoms with van der Waals surface area (Å²) in [5.74, 6) is 0.562. The van der Waals surface area contributed by atoms with Crippen molar-refractivity contribution in [3.8, 4) is 5.75 Å². The highest BCUT2D eigenvalue weighted by Gasteiger charge is 2.08. The minimum atomic E-state index is -0.0895. The van der Waals surface area contributed by atoms with Crippen molar-refractivity contribution in [2.24, 2.45) is 5.92 Å². The van der Waals surface area contributed by atoms with E-state index in [1.807, 2.05) is 38.1 Å². The van der Waals surface area contributed by atoms with Crippen LogP contribution in [0, 0.1) is 5.92 Å². The topological polar surface area (TPSA) is 67.4 Å². The van der Waals surface area contributed by atoms with Crippen molar-refractivity contribution in [1.82, 2.24) is 10.6 Å². The van der Waals surface area contributed by atoms with Crippen LogP contribution in [0.3, 0.4) is 0 Å². The smallest absolute Gasteiger partial charge is 0.224 e. The molecule has 1 aromatic carbocycles. The molecule has 1 aromatic rings. The van der Waals surface area contributed by atoms with E-state index < -0.39 is 0 Å². The number of carbonyl (C=O) groups excluding carboxylic acids is 2. The van der Waals surface area contributed by atoms with Crippen molar-refractivity contribution >= 4 is 11.8 Å². The summed E-state index contributed by atoms with van der Waals surface area (Å²) in [6.07, 6.45) is 0.266. The molecule has 0 aliphatic carbocycles. The van der Waals surface area contributed by atoms with Gasteiger partial charge in [0.1, 0.15) is 5.75 Å². The SMILES string of the molecule is COc1ccccc1CC(=O)NCCNC(=O)C(C)C. The number of nitrogens with one attached hydrogen (secondary N) is 2. The second-order valence-corrected chi connectivity index (χ2v) is 4.78. The minimum absolute atomic E-state index is 0.0102. The zero-order valence-corrected chi connectivity index (χ0v) is 12.2. The Hall–Kier alpha value is -2.04. The highest BCUT2D eigenvalue weighted by atomic mass is 16.5. The number of hydrogen-bond donors (Lipinski definition) is 2. The average molecular weight is 278 g/mol. The van der Waals surface area contributed by atoms with Crippen molar-refractivity contribution in [3.63, 3.8) is 0 Å². The second kappa shape index (κ2) is 8.19. The van der Waals surface area contributed by atoms with E-state index in [0.717, 1.165) is 5.56 Å². The van der Waals surface area contributed by atoms with E-state index in [1.165, 1.54) is 0 Å². The van der Waals surface area contributed by atoms with Gasteiger partial charge in [-0.1, -0.05) is 32.0 Å². The average Bonchev–Trinajstić information content (AvgIpc) is 2.43. The van der Waals surface area contributed by atoms with Crippen molar-refractivity contribution < 1.29 is 14.3 Å². The standard InChI is InChI=1S/C15H22N2O3/c1-11(2)15(19)17-9-8-16-14(18)10-12-6-4-5-7-13(12)20-3/h4-7,11H,8-10H2,1-3H3,(H,16,18)(H,17,19). The quantitative estimate of drug-likeness (QED) is 0.735. The van der Waals surface area contributed by atoms with Gasteiger partial charge >= 0.3 is 0 Å². The summed E-state index contributed by atoms with van der Waals surface area (Å²) in [5.41, 5.74) is 0.846. The largest absolute Gasteiger partial charge is 0.496 e. The second-order valence-electron chi connectivity index (χ2n) is 4.78. The molecule has 0 unspecified atom stereocenters. The highest BCUT2D eigenvalue weighted by Crippen LogP contribution is 2.17. The van der Waals surface area contributed by atoms with Crippen molar-refractivity contribution in [2.45, 2.75) is 20.3 Å². The van der Waals surface area contributed by atoms with Gasteiger partial charge < -0.3 is 15.4 Å². The number of hydrogen-bond acceptors (Lipinski definition) is 3. The van der Waals surface area contributed by atoms with Gasteiger partial charge in [0, 0.05) is 24.6 Å². The molecule has 0 aromatic heterocycles. The van der Waals surface area contributed by atoms with Crippen LogP contribution in [0.2, 0.25) is 0 Å². The maximum Gasteiger partial charge on any atom is 0.224 e. The Balaban J connectivity index is 2.32. The van der Waals surface area contributed by atoms with Gasteiger partial charge in [0.2, 0.25) is 11.8 Å². The molecule has 0 atom stereocenters. The molecule has 5 heteroatoms. The lowest BCUT2D eigenvalue weighted by molar-refractivity contribution is -0.124. The van der Waals surface area contributed by atoms with E-state index in [1.54, 1.807) is 7.11 Å². The molecule has 1 rings (SSSR count). The van der Waals surface area contributed by atoms with Gasteiger partial charge in [0.25, 0.3) is 0 Å². The van der Waals surface area contributed by atoms with Crippen LogP contribution in [0.1, 0.15) is 19.4 Å². The molecule has 20 heavy (non-hydrogen) atoms. The van der Waals surface area contributed by atoms with E-state index in [4.69, 9.17) is 4.74 Å². The van der Waals surface area contributed by atoms with E-state index >= 15 is 0 Å². The molecule has 0 fully saturated rings. The Morgan fingerprint density at radius 3 is 2.45 bits per heavy atom. The molecule has 0 radical (unpaired) electrons. The Morgan fingerprint density at radius 2 is 1.80 bits per heavy atom. The first-order valence-electron chi connectivity index (χ1n) is 6.71. The number of methoxy groups -OCH3 is 1. The summed E-state index contributed by atoms with van der Waals surface area (Å²) < 4.78 is 5.19.